The summed E-state index contributed by atoms with van der Waals surface area (Å²) in [6.07, 6.45) is 6.67. The second-order valence-electron chi connectivity index (χ2n) is 6.09. The number of piperidine rings is 1. The van der Waals surface area contributed by atoms with Gasteiger partial charge in [0.1, 0.15) is 6.07 Å². The first-order valence-electron chi connectivity index (χ1n) is 7.77. The lowest BCUT2D eigenvalue weighted by Gasteiger charge is -2.40. The summed E-state index contributed by atoms with van der Waals surface area (Å²) < 4.78 is 0. The molecule has 1 aromatic carbocycles. The van der Waals surface area contributed by atoms with Gasteiger partial charge in [-0.05, 0) is 56.3 Å². The van der Waals surface area contributed by atoms with E-state index >= 15 is 0 Å². The third-order valence-corrected chi connectivity index (χ3v) is 4.86. The highest BCUT2D eigenvalue weighted by atomic mass is 15.2. The standard InChI is InChI=1S/C17H23N3/c1-19-12-13-7-8-17(15(10-13)11-18)20-9-3-5-14-4-2-6-16(14)20/h7-8,10,14,16,19H,2-6,9,12H2,1H3. The van der Waals surface area contributed by atoms with Crippen LogP contribution in [-0.4, -0.2) is 19.6 Å². The van der Waals surface area contributed by atoms with Gasteiger partial charge >= 0.3 is 0 Å². The molecule has 1 N–H and O–H groups in total. The minimum atomic E-state index is 0.672. The third-order valence-electron chi connectivity index (χ3n) is 4.86. The maximum absolute atomic E-state index is 9.49. The Kier molecular flexibility index (Phi) is 3.93. The second-order valence-corrected chi connectivity index (χ2v) is 6.09. The number of hydrogen-bond donors (Lipinski definition) is 1. The van der Waals surface area contributed by atoms with E-state index < -0.39 is 0 Å². The van der Waals surface area contributed by atoms with Gasteiger partial charge in [-0.1, -0.05) is 12.5 Å². The smallest absolute Gasteiger partial charge is 0.101 e. The summed E-state index contributed by atoms with van der Waals surface area (Å²) in [5.74, 6) is 0.854. The fourth-order valence-electron chi connectivity index (χ4n) is 3.99. The van der Waals surface area contributed by atoms with Gasteiger partial charge in [-0.15, -0.1) is 0 Å². The number of nitrogens with zero attached hydrogens (tertiary/aromatic N) is 2. The summed E-state index contributed by atoms with van der Waals surface area (Å²) in [5.41, 5.74) is 3.18. The van der Waals surface area contributed by atoms with E-state index in [4.69, 9.17) is 0 Å². The maximum Gasteiger partial charge on any atom is 0.101 e. The molecule has 1 aromatic rings. The number of fused-ring (bicyclic) bond motifs is 1. The van der Waals surface area contributed by atoms with Crippen LogP contribution in [0.3, 0.4) is 0 Å². The number of rotatable bonds is 3. The normalized spacial score (nSPS) is 25.3. The molecule has 20 heavy (non-hydrogen) atoms. The summed E-state index contributed by atoms with van der Waals surface area (Å²) >= 11 is 0. The van der Waals surface area contributed by atoms with Crippen molar-refractivity contribution in [1.82, 2.24) is 5.32 Å². The van der Waals surface area contributed by atoms with Crippen molar-refractivity contribution in [3.05, 3.63) is 29.3 Å². The molecule has 106 valence electrons. The molecule has 3 heteroatoms. The quantitative estimate of drug-likeness (QED) is 0.916. The van der Waals surface area contributed by atoms with Crippen LogP contribution in [0.2, 0.25) is 0 Å². The van der Waals surface area contributed by atoms with Crippen molar-refractivity contribution in [3.8, 4) is 6.07 Å². The van der Waals surface area contributed by atoms with Crippen molar-refractivity contribution in [2.75, 3.05) is 18.5 Å². The van der Waals surface area contributed by atoms with Crippen molar-refractivity contribution in [3.63, 3.8) is 0 Å². The van der Waals surface area contributed by atoms with Gasteiger partial charge in [-0.2, -0.15) is 5.26 Å². The van der Waals surface area contributed by atoms with E-state index in [1.807, 2.05) is 13.1 Å². The van der Waals surface area contributed by atoms with Crippen molar-refractivity contribution in [2.24, 2.45) is 5.92 Å². The number of nitriles is 1. The van der Waals surface area contributed by atoms with Gasteiger partial charge in [0.15, 0.2) is 0 Å². The van der Waals surface area contributed by atoms with E-state index in [1.165, 1.54) is 37.7 Å². The summed E-state index contributed by atoms with van der Waals surface area (Å²) in [4.78, 5) is 2.52. The Balaban J connectivity index is 1.90. The van der Waals surface area contributed by atoms with Crippen LogP contribution in [0.15, 0.2) is 18.2 Å². The fourth-order valence-corrected chi connectivity index (χ4v) is 3.99. The Bertz CT molecular complexity index is 517. The molecule has 1 saturated heterocycles. The lowest BCUT2D eigenvalue weighted by Crippen LogP contribution is -2.43. The van der Waals surface area contributed by atoms with Crippen molar-refractivity contribution in [2.45, 2.75) is 44.7 Å². The van der Waals surface area contributed by atoms with Gasteiger partial charge in [-0.25, -0.2) is 0 Å². The van der Waals surface area contributed by atoms with E-state index in [2.05, 4.69) is 28.4 Å². The molecule has 2 atom stereocenters. The van der Waals surface area contributed by atoms with Crippen LogP contribution in [0.25, 0.3) is 0 Å². The number of anilines is 1. The average molecular weight is 269 g/mol. The largest absolute Gasteiger partial charge is 0.367 e. The topological polar surface area (TPSA) is 39.1 Å². The number of nitrogens with one attached hydrogen (secondary N) is 1. The minimum absolute atomic E-state index is 0.672. The molecule has 0 aromatic heterocycles. The highest BCUT2D eigenvalue weighted by Gasteiger charge is 2.35. The van der Waals surface area contributed by atoms with Crippen LogP contribution >= 0.6 is 0 Å². The Morgan fingerprint density at radius 1 is 1.30 bits per heavy atom. The fraction of sp³-hybridized carbons (Fsp3) is 0.588. The van der Waals surface area contributed by atoms with Crippen molar-refractivity contribution in [1.29, 1.82) is 5.26 Å². The molecule has 0 amide bonds. The van der Waals surface area contributed by atoms with Crippen LogP contribution < -0.4 is 10.2 Å². The van der Waals surface area contributed by atoms with E-state index in [0.717, 1.165) is 30.3 Å². The molecule has 0 spiro atoms. The monoisotopic (exact) mass is 269 g/mol. The molecule has 3 nitrogen and oxygen atoms in total. The van der Waals surface area contributed by atoms with Crippen LogP contribution in [0.1, 0.15) is 43.2 Å². The highest BCUT2D eigenvalue weighted by Crippen LogP contribution is 2.40. The molecule has 1 aliphatic heterocycles. The molecule has 1 heterocycles. The van der Waals surface area contributed by atoms with E-state index in [-0.39, 0.29) is 0 Å². The lowest BCUT2D eigenvalue weighted by atomic mass is 9.91. The van der Waals surface area contributed by atoms with Gasteiger partial charge < -0.3 is 10.2 Å². The molecule has 3 rings (SSSR count). The summed E-state index contributed by atoms with van der Waals surface area (Å²) in [6, 6.07) is 9.44. The first kappa shape index (κ1) is 13.5. The molecule has 0 radical (unpaired) electrons. The van der Waals surface area contributed by atoms with Gasteiger partial charge in [0.2, 0.25) is 0 Å². The summed E-state index contributed by atoms with van der Waals surface area (Å²) in [5, 5.41) is 12.6. The van der Waals surface area contributed by atoms with E-state index in [9.17, 15) is 5.26 Å². The SMILES string of the molecule is CNCc1ccc(N2CCCC3CCCC32)c(C#N)c1. The van der Waals surface area contributed by atoms with Crippen LogP contribution in [0.5, 0.6) is 0 Å². The number of hydrogen-bond acceptors (Lipinski definition) is 3. The minimum Gasteiger partial charge on any atom is -0.367 e. The zero-order chi connectivity index (χ0) is 13.9. The molecule has 2 unspecified atom stereocenters. The zero-order valence-electron chi connectivity index (χ0n) is 12.2. The van der Waals surface area contributed by atoms with Crippen LogP contribution in [-0.2, 0) is 6.54 Å². The Hall–Kier alpha value is -1.53. The van der Waals surface area contributed by atoms with Crippen LogP contribution in [0, 0.1) is 17.2 Å². The Labute approximate surface area is 121 Å². The second kappa shape index (κ2) is 5.85. The predicted molar refractivity (Wildman–Crippen MR) is 81.6 cm³/mol. The van der Waals surface area contributed by atoms with Gasteiger partial charge in [0.05, 0.1) is 11.3 Å². The molecular weight excluding hydrogens is 246 g/mol. The molecule has 2 aliphatic rings. The van der Waals surface area contributed by atoms with E-state index in [0.29, 0.717) is 6.04 Å². The van der Waals surface area contributed by atoms with E-state index in [1.54, 1.807) is 0 Å². The molecule has 0 bridgehead atoms. The zero-order valence-corrected chi connectivity index (χ0v) is 12.2. The summed E-state index contributed by atoms with van der Waals surface area (Å²) in [7, 11) is 1.94. The Morgan fingerprint density at radius 2 is 2.15 bits per heavy atom. The lowest BCUT2D eigenvalue weighted by molar-refractivity contribution is 0.362. The number of benzene rings is 1. The third kappa shape index (κ3) is 2.41. The first-order chi connectivity index (χ1) is 9.83. The Morgan fingerprint density at radius 3 is 2.95 bits per heavy atom. The highest BCUT2D eigenvalue weighted by molar-refractivity contribution is 5.61. The van der Waals surface area contributed by atoms with Crippen molar-refractivity contribution >= 4 is 5.69 Å². The first-order valence-corrected chi connectivity index (χ1v) is 7.77. The van der Waals surface area contributed by atoms with Gasteiger partial charge in [-0.3, -0.25) is 0 Å². The van der Waals surface area contributed by atoms with Gasteiger partial charge in [0, 0.05) is 19.1 Å². The van der Waals surface area contributed by atoms with Crippen molar-refractivity contribution < 1.29 is 0 Å². The molecule has 2 fully saturated rings. The maximum atomic E-state index is 9.49. The molecule has 1 aliphatic carbocycles. The van der Waals surface area contributed by atoms with Crippen LogP contribution in [0.4, 0.5) is 5.69 Å². The molecular formula is C17H23N3. The molecule has 1 saturated carbocycles. The average Bonchev–Trinajstić information content (AvgIpc) is 2.96. The predicted octanol–water partition coefficient (Wildman–Crippen LogP) is 3.05. The summed E-state index contributed by atoms with van der Waals surface area (Å²) in [6.45, 7) is 1.93. The van der Waals surface area contributed by atoms with Gasteiger partial charge in [0.25, 0.3) is 0 Å².